The van der Waals surface area contributed by atoms with Gasteiger partial charge in [-0.25, -0.2) is 10.0 Å². The Bertz CT molecular complexity index is 168. The van der Waals surface area contributed by atoms with Crippen molar-refractivity contribution < 1.29 is 16.5 Å². The Morgan fingerprint density at radius 2 is 1.07 bits per heavy atom. The number of nitrogens with one attached hydrogen (secondary N) is 2. The Hall–Kier alpha value is 0.634. The average molecular weight is 329 g/mol. The van der Waals surface area contributed by atoms with Crippen molar-refractivity contribution in [3.8, 4) is 0 Å². The minimum atomic E-state index is 0. The van der Waals surface area contributed by atoms with Crippen LogP contribution in [-0.4, -0.2) is 46.8 Å². The minimum Gasteiger partial charge on any atom is -0.410 e. The summed E-state index contributed by atoms with van der Waals surface area (Å²) in [5.41, 5.74) is 5.37. The SMILES string of the molecule is CN(C)NC(=S)[S-].CN(C)NC(=S)[S-].[Ni+2]. The van der Waals surface area contributed by atoms with Gasteiger partial charge in [-0.05, 0) is 8.64 Å². The Labute approximate surface area is 123 Å². The van der Waals surface area contributed by atoms with Crippen molar-refractivity contribution >= 4 is 58.3 Å². The summed E-state index contributed by atoms with van der Waals surface area (Å²) in [6.45, 7) is 0. The Morgan fingerprint density at radius 3 is 1.07 bits per heavy atom. The molecule has 0 aliphatic carbocycles. The van der Waals surface area contributed by atoms with Crippen LogP contribution in [0.4, 0.5) is 0 Å². The fraction of sp³-hybridized carbons (Fsp3) is 0.667. The zero-order valence-electron chi connectivity index (χ0n) is 8.84. The van der Waals surface area contributed by atoms with Gasteiger partial charge in [0, 0.05) is 28.2 Å². The van der Waals surface area contributed by atoms with Gasteiger partial charge in [0.05, 0.1) is 0 Å². The van der Waals surface area contributed by atoms with E-state index in [4.69, 9.17) is 0 Å². The second-order valence-electron chi connectivity index (χ2n) is 2.59. The smallest absolute Gasteiger partial charge is 0.410 e. The van der Waals surface area contributed by atoms with Crippen molar-refractivity contribution in [3.05, 3.63) is 0 Å². The van der Waals surface area contributed by atoms with Crippen molar-refractivity contribution in [1.82, 2.24) is 20.9 Å². The van der Waals surface area contributed by atoms with Gasteiger partial charge in [0.25, 0.3) is 0 Å². The predicted octanol–water partition coefficient (Wildman–Crippen LogP) is -0.234. The number of hydrogen-bond acceptors (Lipinski definition) is 6. The molecular weight excluding hydrogens is 315 g/mol. The molecule has 0 aliphatic rings. The molecule has 0 aromatic carbocycles. The van der Waals surface area contributed by atoms with Crippen molar-refractivity contribution in [2.75, 3.05) is 28.2 Å². The molecule has 2 N–H and O–H groups in total. The van der Waals surface area contributed by atoms with Crippen LogP contribution in [0.5, 0.6) is 0 Å². The second kappa shape index (κ2) is 12.7. The molecule has 9 heteroatoms. The Kier molecular flexibility index (Phi) is 17.8. The van der Waals surface area contributed by atoms with Gasteiger partial charge in [-0.15, -0.1) is 0 Å². The topological polar surface area (TPSA) is 30.5 Å². The predicted molar refractivity (Wildman–Crippen MR) is 73.6 cm³/mol. The van der Waals surface area contributed by atoms with Crippen LogP contribution in [0.3, 0.4) is 0 Å². The molecule has 0 unspecified atom stereocenters. The van der Waals surface area contributed by atoms with Crippen molar-refractivity contribution in [3.63, 3.8) is 0 Å². The fourth-order valence-corrected chi connectivity index (χ4v) is 1.10. The van der Waals surface area contributed by atoms with E-state index in [1.54, 1.807) is 10.0 Å². The zero-order chi connectivity index (χ0) is 11.7. The summed E-state index contributed by atoms with van der Waals surface area (Å²) in [7, 11) is 7.33. The van der Waals surface area contributed by atoms with Gasteiger partial charge in [0.1, 0.15) is 0 Å². The molecule has 0 rings (SSSR count). The third-order valence-electron chi connectivity index (χ3n) is 0.630. The molecule has 0 aromatic heterocycles. The third-order valence-corrected chi connectivity index (χ3v) is 0.995. The maximum Gasteiger partial charge on any atom is 2.00 e. The van der Waals surface area contributed by atoms with Crippen LogP contribution in [-0.2, 0) is 41.7 Å². The summed E-state index contributed by atoms with van der Waals surface area (Å²) in [5, 5.41) is 3.41. The normalized spacial score (nSPS) is 8.40. The number of hydrogen-bond donors (Lipinski definition) is 2. The fourth-order valence-electron chi connectivity index (χ4n) is 0.365. The van der Waals surface area contributed by atoms with E-state index in [1.807, 2.05) is 28.2 Å². The number of hydrazine groups is 2. The summed E-state index contributed by atoms with van der Waals surface area (Å²) in [4.78, 5) is 0. The summed E-state index contributed by atoms with van der Waals surface area (Å²) in [6.07, 6.45) is 0. The first-order chi connectivity index (χ1) is 6.25. The van der Waals surface area contributed by atoms with E-state index in [0.717, 1.165) is 0 Å². The van der Waals surface area contributed by atoms with Gasteiger partial charge in [-0.2, -0.15) is 0 Å². The minimum absolute atomic E-state index is 0. The number of thiocarbonyl (C=S) groups is 2. The molecule has 0 saturated carbocycles. The van der Waals surface area contributed by atoms with Crippen LogP contribution >= 0.6 is 24.4 Å². The van der Waals surface area contributed by atoms with Crippen molar-refractivity contribution in [2.45, 2.75) is 0 Å². The maximum atomic E-state index is 4.53. The summed E-state index contributed by atoms with van der Waals surface area (Å²) < 4.78 is 0.759. The number of nitrogens with zero attached hydrogens (tertiary/aromatic N) is 2. The van der Waals surface area contributed by atoms with Crippen LogP contribution in [0.15, 0.2) is 0 Å². The zero-order valence-corrected chi connectivity index (χ0v) is 13.1. The standard InChI is InChI=1S/2C3H8N2S2.Ni/c2*1-5(2)4-3(6)7;/h2*1-2H3,(H2,4,6,7);/q;;+2/p-2. The molecule has 0 aromatic rings. The first-order valence-electron chi connectivity index (χ1n) is 3.55. The molecule has 15 heavy (non-hydrogen) atoms. The summed E-state index contributed by atoms with van der Waals surface area (Å²) in [6, 6.07) is 0. The van der Waals surface area contributed by atoms with Gasteiger partial charge in [-0.1, -0.05) is 0 Å². The van der Waals surface area contributed by atoms with E-state index in [1.165, 1.54) is 0 Å². The molecule has 0 saturated heterocycles. The molecular formula is C6H14N4NiS4. The largest absolute Gasteiger partial charge is 2.00 e. The van der Waals surface area contributed by atoms with E-state index in [2.05, 4.69) is 60.5 Å². The molecule has 0 radical (unpaired) electrons. The molecule has 0 bridgehead atoms. The van der Waals surface area contributed by atoms with Crippen LogP contribution in [0, 0.1) is 0 Å². The molecule has 0 spiro atoms. The van der Waals surface area contributed by atoms with Gasteiger partial charge in [0.15, 0.2) is 0 Å². The first-order valence-corrected chi connectivity index (χ1v) is 5.19. The maximum absolute atomic E-state index is 4.53. The molecule has 0 aliphatic heterocycles. The van der Waals surface area contributed by atoms with Crippen LogP contribution < -0.4 is 10.9 Å². The van der Waals surface area contributed by atoms with E-state index in [-0.39, 0.29) is 16.5 Å². The average Bonchev–Trinajstić information content (AvgIpc) is 1.79. The number of rotatable bonds is 2. The monoisotopic (exact) mass is 328 g/mol. The van der Waals surface area contributed by atoms with Gasteiger partial charge in [0.2, 0.25) is 0 Å². The van der Waals surface area contributed by atoms with Gasteiger partial charge in [-0.3, -0.25) is 0 Å². The summed E-state index contributed by atoms with van der Waals surface area (Å²) in [5.74, 6) is 0. The molecule has 0 heterocycles. The van der Waals surface area contributed by atoms with Crippen LogP contribution in [0.25, 0.3) is 0 Å². The third kappa shape index (κ3) is 31.3. The van der Waals surface area contributed by atoms with Crippen LogP contribution in [0.2, 0.25) is 0 Å². The first kappa shape index (κ1) is 21.0. The Balaban J connectivity index is -0.000000180. The van der Waals surface area contributed by atoms with E-state index in [0.29, 0.717) is 8.64 Å². The molecule has 0 fully saturated rings. The van der Waals surface area contributed by atoms with E-state index < -0.39 is 0 Å². The van der Waals surface area contributed by atoms with Crippen molar-refractivity contribution in [1.29, 1.82) is 0 Å². The molecule has 0 amide bonds. The Morgan fingerprint density at radius 1 is 0.867 bits per heavy atom. The van der Waals surface area contributed by atoms with E-state index >= 15 is 0 Å². The van der Waals surface area contributed by atoms with Gasteiger partial charge < -0.3 is 60.5 Å². The van der Waals surface area contributed by atoms with Crippen LogP contribution in [0.1, 0.15) is 0 Å². The van der Waals surface area contributed by atoms with E-state index in [9.17, 15) is 0 Å². The molecule has 0 atom stereocenters. The molecule has 92 valence electrons. The quantitative estimate of drug-likeness (QED) is 0.311. The van der Waals surface area contributed by atoms with Crippen molar-refractivity contribution in [2.24, 2.45) is 0 Å². The molecule has 4 nitrogen and oxygen atoms in total. The van der Waals surface area contributed by atoms with Gasteiger partial charge >= 0.3 is 16.5 Å². The summed E-state index contributed by atoms with van der Waals surface area (Å²) >= 11 is 18.1. The second-order valence-corrected chi connectivity index (χ2v) is 4.74.